The highest BCUT2D eigenvalue weighted by atomic mass is 32.2. The van der Waals surface area contributed by atoms with Gasteiger partial charge in [0.1, 0.15) is 6.04 Å². The number of likely N-dealkylation sites (tertiary alicyclic amines) is 1. The molecule has 3 aliphatic heterocycles. The molecule has 212 valence electrons. The molecule has 3 amide bonds. The van der Waals surface area contributed by atoms with E-state index in [1.807, 2.05) is 60.7 Å². The summed E-state index contributed by atoms with van der Waals surface area (Å²) in [4.78, 5) is 44.2. The first-order chi connectivity index (χ1) is 19.5. The number of amides is 3. The second-order valence-electron chi connectivity index (χ2n) is 12.0. The second-order valence-corrected chi connectivity index (χ2v) is 13.5. The summed E-state index contributed by atoms with van der Waals surface area (Å²) in [5.41, 5.74) is 1.80. The van der Waals surface area contributed by atoms with E-state index in [9.17, 15) is 19.5 Å². The maximum atomic E-state index is 14.5. The van der Waals surface area contributed by atoms with Crippen LogP contribution in [0.15, 0.2) is 60.7 Å². The molecule has 3 heterocycles. The molecule has 2 aromatic carbocycles. The third-order valence-electron chi connectivity index (χ3n) is 9.69. The monoisotopic (exact) mass is 561 g/mol. The van der Waals surface area contributed by atoms with Gasteiger partial charge in [-0.2, -0.15) is 0 Å². The molecule has 7 atom stereocenters. The second kappa shape index (κ2) is 11.2. The number of aliphatic hydroxyl groups excluding tert-OH is 1. The van der Waals surface area contributed by atoms with Gasteiger partial charge in [0, 0.05) is 17.8 Å². The first kappa shape index (κ1) is 27.3. The highest BCUT2D eigenvalue weighted by molar-refractivity contribution is 8.02. The third kappa shape index (κ3) is 4.53. The molecular formula is C32H39N3O4S. The number of carbonyl (C=O) groups excluding carboxylic acids is 3. The summed E-state index contributed by atoms with van der Waals surface area (Å²) < 4.78 is -0.711. The Hall–Kier alpha value is -2.84. The molecule has 8 heteroatoms. The van der Waals surface area contributed by atoms with E-state index in [0.717, 1.165) is 43.2 Å². The highest BCUT2D eigenvalue weighted by Gasteiger charge is 2.76. The maximum absolute atomic E-state index is 14.5. The fraction of sp³-hybridized carbons (Fsp3) is 0.531. The molecule has 4 fully saturated rings. The van der Waals surface area contributed by atoms with Gasteiger partial charge in [-0.3, -0.25) is 14.4 Å². The van der Waals surface area contributed by atoms with E-state index in [4.69, 9.17) is 0 Å². The van der Waals surface area contributed by atoms with E-state index in [2.05, 4.69) is 17.6 Å². The molecule has 0 aromatic heterocycles. The number of aliphatic hydroxyl groups is 1. The Morgan fingerprint density at radius 1 is 1.02 bits per heavy atom. The summed E-state index contributed by atoms with van der Waals surface area (Å²) in [5, 5.41) is 17.0. The normalized spacial score (nSPS) is 32.1. The van der Waals surface area contributed by atoms with Crippen molar-refractivity contribution in [2.45, 2.75) is 80.1 Å². The molecule has 4 aliphatic rings. The zero-order valence-electron chi connectivity index (χ0n) is 23.0. The van der Waals surface area contributed by atoms with E-state index in [0.29, 0.717) is 6.54 Å². The Morgan fingerprint density at radius 3 is 2.38 bits per heavy atom. The van der Waals surface area contributed by atoms with Gasteiger partial charge in [0.05, 0.1) is 29.2 Å². The molecule has 2 aromatic rings. The summed E-state index contributed by atoms with van der Waals surface area (Å²) in [6.07, 6.45) is 6.04. The summed E-state index contributed by atoms with van der Waals surface area (Å²) >= 11 is 1.68. The van der Waals surface area contributed by atoms with E-state index < -0.39 is 28.7 Å². The van der Waals surface area contributed by atoms with Gasteiger partial charge >= 0.3 is 0 Å². The fourth-order valence-electron chi connectivity index (χ4n) is 7.85. The molecule has 0 radical (unpaired) electrons. The fourth-order valence-corrected chi connectivity index (χ4v) is 10.3. The lowest BCUT2D eigenvalue weighted by molar-refractivity contribution is -0.143. The average Bonchev–Trinajstić information content (AvgIpc) is 3.58. The van der Waals surface area contributed by atoms with Crippen molar-refractivity contribution < 1.29 is 19.5 Å². The molecule has 3 N–H and O–H groups in total. The van der Waals surface area contributed by atoms with Gasteiger partial charge in [0.25, 0.3) is 0 Å². The molecular weight excluding hydrogens is 522 g/mol. The summed E-state index contributed by atoms with van der Waals surface area (Å²) in [5.74, 6) is -1.49. The largest absolute Gasteiger partial charge is 0.394 e. The van der Waals surface area contributed by atoms with Gasteiger partial charge in [-0.1, -0.05) is 86.8 Å². The smallest absolute Gasteiger partial charge is 0.244 e. The van der Waals surface area contributed by atoms with Crippen LogP contribution in [0.1, 0.15) is 62.6 Å². The predicted octanol–water partition coefficient (Wildman–Crippen LogP) is 3.82. The Balaban J connectivity index is 1.36. The van der Waals surface area contributed by atoms with Crippen LogP contribution in [0, 0.1) is 17.8 Å². The highest BCUT2D eigenvalue weighted by Crippen LogP contribution is 2.69. The minimum Gasteiger partial charge on any atom is -0.394 e. The number of carbonyl (C=O) groups is 3. The van der Waals surface area contributed by atoms with Crippen molar-refractivity contribution in [3.63, 3.8) is 0 Å². The van der Waals surface area contributed by atoms with Crippen LogP contribution in [-0.4, -0.2) is 56.4 Å². The SMILES string of the molecule is CC1C[C@H]2SC13C(C(=O)NC1CCCCC1)N([C@H](CO)c1ccccc1)C(=O)[C@@H]3[C@H]2C(=O)NCc1ccccc1. The van der Waals surface area contributed by atoms with Crippen molar-refractivity contribution in [1.29, 1.82) is 0 Å². The van der Waals surface area contributed by atoms with E-state index in [1.165, 1.54) is 6.42 Å². The van der Waals surface area contributed by atoms with E-state index in [1.54, 1.807) is 16.7 Å². The lowest BCUT2D eigenvalue weighted by atomic mass is 9.65. The van der Waals surface area contributed by atoms with E-state index >= 15 is 0 Å². The van der Waals surface area contributed by atoms with Gasteiger partial charge in [0.2, 0.25) is 17.7 Å². The lowest BCUT2D eigenvalue weighted by Gasteiger charge is -2.41. The number of rotatable bonds is 8. The number of fused-ring (bicyclic) bond motifs is 1. The van der Waals surface area contributed by atoms with Gasteiger partial charge < -0.3 is 20.6 Å². The van der Waals surface area contributed by atoms with Crippen LogP contribution in [0.3, 0.4) is 0 Å². The van der Waals surface area contributed by atoms with Crippen molar-refractivity contribution in [1.82, 2.24) is 15.5 Å². The van der Waals surface area contributed by atoms with Gasteiger partial charge in [0.15, 0.2) is 0 Å². The molecule has 1 spiro atoms. The van der Waals surface area contributed by atoms with Crippen molar-refractivity contribution in [3.8, 4) is 0 Å². The zero-order valence-corrected chi connectivity index (χ0v) is 23.8. The Kier molecular flexibility index (Phi) is 7.66. The Labute approximate surface area is 240 Å². The molecule has 6 rings (SSSR count). The molecule has 3 unspecified atom stereocenters. The van der Waals surface area contributed by atoms with Crippen molar-refractivity contribution in [2.75, 3.05) is 6.61 Å². The third-order valence-corrected chi connectivity index (χ3v) is 11.8. The van der Waals surface area contributed by atoms with Crippen LogP contribution in [-0.2, 0) is 20.9 Å². The Bertz CT molecular complexity index is 1240. The molecule has 1 saturated carbocycles. The molecule has 2 bridgehead atoms. The van der Waals surface area contributed by atoms with Crippen molar-refractivity contribution >= 4 is 29.5 Å². The van der Waals surface area contributed by atoms with Crippen LogP contribution in [0.5, 0.6) is 0 Å². The maximum Gasteiger partial charge on any atom is 0.244 e. The first-order valence-electron chi connectivity index (χ1n) is 14.7. The van der Waals surface area contributed by atoms with Crippen LogP contribution >= 0.6 is 11.8 Å². The number of nitrogens with one attached hydrogen (secondary N) is 2. The van der Waals surface area contributed by atoms with Gasteiger partial charge in [-0.05, 0) is 36.3 Å². The topological polar surface area (TPSA) is 98.7 Å². The molecule has 3 saturated heterocycles. The quantitative estimate of drug-likeness (QED) is 0.455. The molecule has 1 aliphatic carbocycles. The minimum absolute atomic E-state index is 0.0174. The summed E-state index contributed by atoms with van der Waals surface area (Å²) in [7, 11) is 0. The van der Waals surface area contributed by atoms with Crippen LogP contribution in [0.2, 0.25) is 0 Å². The summed E-state index contributed by atoms with van der Waals surface area (Å²) in [6.45, 7) is 2.24. The lowest BCUT2D eigenvalue weighted by Crippen LogP contribution is -2.58. The number of nitrogens with zero attached hydrogens (tertiary/aromatic N) is 1. The number of thioether (sulfide) groups is 1. The number of hydrogen-bond acceptors (Lipinski definition) is 5. The van der Waals surface area contributed by atoms with Gasteiger partial charge in [-0.25, -0.2) is 0 Å². The van der Waals surface area contributed by atoms with Crippen LogP contribution < -0.4 is 10.6 Å². The molecule has 40 heavy (non-hydrogen) atoms. The van der Waals surface area contributed by atoms with Gasteiger partial charge in [-0.15, -0.1) is 11.8 Å². The van der Waals surface area contributed by atoms with Crippen molar-refractivity contribution in [2.24, 2.45) is 17.8 Å². The number of hydrogen-bond donors (Lipinski definition) is 3. The summed E-state index contributed by atoms with van der Waals surface area (Å²) in [6, 6.07) is 17.9. The van der Waals surface area contributed by atoms with Crippen LogP contribution in [0.25, 0.3) is 0 Å². The van der Waals surface area contributed by atoms with Crippen molar-refractivity contribution in [3.05, 3.63) is 71.8 Å². The van der Waals surface area contributed by atoms with Crippen LogP contribution in [0.4, 0.5) is 0 Å². The zero-order chi connectivity index (χ0) is 27.9. The van der Waals surface area contributed by atoms with E-state index in [-0.39, 0.29) is 41.5 Å². The molecule has 7 nitrogen and oxygen atoms in total. The Morgan fingerprint density at radius 2 is 1.70 bits per heavy atom. The predicted molar refractivity (Wildman–Crippen MR) is 155 cm³/mol. The minimum atomic E-state index is -0.749. The first-order valence-corrected chi connectivity index (χ1v) is 15.6. The number of benzene rings is 2. The standard InChI is InChI=1S/C32H39N3O4S/c1-20-17-25-26(29(37)33-18-21-11-5-2-6-12-21)27-31(39)35(24(19-36)22-13-7-3-8-14-22)28(32(20,27)40-25)30(38)34-23-15-9-4-10-16-23/h2-3,5-8,11-14,20,23-28,36H,4,9-10,15-19H2,1H3,(H,33,37)(H,34,38)/t20?,24-,25-,26+,27+,28?,32?/m1/s1. The average molecular weight is 562 g/mol.